The van der Waals surface area contributed by atoms with Gasteiger partial charge in [-0.15, -0.1) is 24.0 Å². The fraction of sp³-hybridized carbons (Fsp3) is 0.500. The van der Waals surface area contributed by atoms with Gasteiger partial charge in [0.05, 0.1) is 12.2 Å². The minimum atomic E-state index is 0. The van der Waals surface area contributed by atoms with E-state index in [2.05, 4.69) is 42.3 Å². The first kappa shape index (κ1) is 22.0. The van der Waals surface area contributed by atoms with Crippen molar-refractivity contribution in [3.8, 4) is 0 Å². The zero-order chi connectivity index (χ0) is 18.5. The molecule has 1 aromatic carbocycles. The Morgan fingerprint density at radius 3 is 2.93 bits per heavy atom. The van der Waals surface area contributed by atoms with Crippen LogP contribution in [0.15, 0.2) is 35.5 Å². The molecule has 2 N–H and O–H groups in total. The Bertz CT molecular complexity index is 771. The highest BCUT2D eigenvalue weighted by Gasteiger charge is 2.22. The van der Waals surface area contributed by atoms with Crippen molar-refractivity contribution in [1.29, 1.82) is 0 Å². The molecule has 0 saturated carbocycles. The number of hydrogen-bond donors (Lipinski definition) is 2. The van der Waals surface area contributed by atoms with Crippen LogP contribution in [-0.4, -0.2) is 28.3 Å². The van der Waals surface area contributed by atoms with E-state index in [9.17, 15) is 0 Å². The standard InChI is InChI=1S/C20H28ClN5.HI/c1-4-22-20(23-12-15-6-5-7-17(21)10-15)24-18-9-8-16-13-26(14(2)3)25-19(16)11-18;/h5-7,10,13-14,18H,4,8-9,11-12H2,1-3H3,(H2,22,23,24);1H. The number of nitrogens with one attached hydrogen (secondary N) is 2. The molecular formula is C20H29ClIN5. The summed E-state index contributed by atoms with van der Waals surface area (Å²) in [5.41, 5.74) is 3.71. The zero-order valence-corrected chi connectivity index (χ0v) is 19.3. The van der Waals surface area contributed by atoms with Gasteiger partial charge >= 0.3 is 0 Å². The molecule has 0 saturated heterocycles. The van der Waals surface area contributed by atoms with Crippen molar-refractivity contribution in [3.63, 3.8) is 0 Å². The average molecular weight is 502 g/mol. The molecule has 148 valence electrons. The summed E-state index contributed by atoms with van der Waals surface area (Å²) in [6, 6.07) is 8.61. The fourth-order valence-corrected chi connectivity index (χ4v) is 3.43. The molecule has 0 amide bonds. The average Bonchev–Trinajstić information content (AvgIpc) is 3.04. The Labute approximate surface area is 184 Å². The van der Waals surface area contributed by atoms with Gasteiger partial charge in [0, 0.05) is 36.3 Å². The lowest BCUT2D eigenvalue weighted by atomic mass is 9.94. The van der Waals surface area contributed by atoms with Crippen LogP contribution in [0.2, 0.25) is 5.02 Å². The summed E-state index contributed by atoms with van der Waals surface area (Å²) in [5.74, 6) is 0.851. The molecule has 5 nitrogen and oxygen atoms in total. The molecule has 1 heterocycles. The van der Waals surface area contributed by atoms with E-state index in [1.807, 2.05) is 24.3 Å². The van der Waals surface area contributed by atoms with E-state index >= 15 is 0 Å². The Hall–Kier alpha value is -1.28. The topological polar surface area (TPSA) is 54.2 Å². The first-order valence-corrected chi connectivity index (χ1v) is 9.79. The predicted octanol–water partition coefficient (Wildman–Crippen LogP) is 4.35. The molecule has 0 fully saturated rings. The maximum Gasteiger partial charge on any atom is 0.191 e. The quantitative estimate of drug-likeness (QED) is 0.364. The number of aromatic nitrogens is 2. The van der Waals surface area contributed by atoms with Crippen LogP contribution in [0.5, 0.6) is 0 Å². The Morgan fingerprint density at radius 2 is 2.22 bits per heavy atom. The summed E-state index contributed by atoms with van der Waals surface area (Å²) in [6.45, 7) is 7.86. The monoisotopic (exact) mass is 501 g/mol. The molecule has 1 aromatic heterocycles. The molecule has 0 bridgehead atoms. The molecule has 0 spiro atoms. The van der Waals surface area contributed by atoms with Crippen LogP contribution in [-0.2, 0) is 19.4 Å². The van der Waals surface area contributed by atoms with Crippen molar-refractivity contribution in [2.24, 2.45) is 4.99 Å². The number of nitrogens with zero attached hydrogens (tertiary/aromatic N) is 3. The Morgan fingerprint density at radius 1 is 1.41 bits per heavy atom. The molecule has 27 heavy (non-hydrogen) atoms. The largest absolute Gasteiger partial charge is 0.357 e. The van der Waals surface area contributed by atoms with Crippen molar-refractivity contribution >= 4 is 41.5 Å². The summed E-state index contributed by atoms with van der Waals surface area (Å²) >= 11 is 6.06. The first-order valence-electron chi connectivity index (χ1n) is 9.41. The second-order valence-electron chi connectivity index (χ2n) is 7.08. The lowest BCUT2D eigenvalue weighted by molar-refractivity contribution is 0.499. The summed E-state index contributed by atoms with van der Waals surface area (Å²) in [4.78, 5) is 4.72. The van der Waals surface area contributed by atoms with Crippen molar-refractivity contribution in [2.75, 3.05) is 6.54 Å². The first-order chi connectivity index (χ1) is 12.5. The van der Waals surface area contributed by atoms with E-state index in [1.165, 1.54) is 11.3 Å². The van der Waals surface area contributed by atoms with E-state index in [-0.39, 0.29) is 24.0 Å². The molecule has 0 radical (unpaired) electrons. The van der Waals surface area contributed by atoms with Gasteiger partial charge < -0.3 is 10.6 Å². The maximum absolute atomic E-state index is 6.06. The minimum absolute atomic E-state index is 0. The molecule has 1 aliphatic carbocycles. The van der Waals surface area contributed by atoms with Gasteiger partial charge in [0.15, 0.2) is 5.96 Å². The second kappa shape index (κ2) is 10.3. The van der Waals surface area contributed by atoms with Gasteiger partial charge in [-0.2, -0.15) is 5.10 Å². The van der Waals surface area contributed by atoms with Crippen LogP contribution in [0.1, 0.15) is 50.1 Å². The number of hydrogen-bond acceptors (Lipinski definition) is 2. The van der Waals surface area contributed by atoms with Crippen LogP contribution in [0.3, 0.4) is 0 Å². The smallest absolute Gasteiger partial charge is 0.191 e. The number of rotatable bonds is 5. The van der Waals surface area contributed by atoms with Gasteiger partial charge in [0.1, 0.15) is 0 Å². The number of fused-ring (bicyclic) bond motifs is 1. The van der Waals surface area contributed by atoms with Gasteiger partial charge in [-0.25, -0.2) is 4.99 Å². The molecule has 0 aliphatic heterocycles. The normalized spacial score (nSPS) is 16.6. The lowest BCUT2D eigenvalue weighted by Gasteiger charge is -2.24. The van der Waals surface area contributed by atoms with Gasteiger partial charge in [-0.05, 0) is 56.9 Å². The molecule has 7 heteroatoms. The highest BCUT2D eigenvalue weighted by molar-refractivity contribution is 14.0. The van der Waals surface area contributed by atoms with Gasteiger partial charge in [0.2, 0.25) is 0 Å². The third-order valence-corrected chi connectivity index (χ3v) is 4.85. The summed E-state index contributed by atoms with van der Waals surface area (Å²) in [7, 11) is 0. The molecular weight excluding hydrogens is 473 g/mol. The third-order valence-electron chi connectivity index (χ3n) is 4.62. The predicted molar refractivity (Wildman–Crippen MR) is 123 cm³/mol. The molecule has 1 aliphatic rings. The number of guanidine groups is 1. The molecule has 1 unspecified atom stereocenters. The number of halogens is 2. The van der Waals surface area contributed by atoms with Crippen LogP contribution >= 0.6 is 35.6 Å². The van der Waals surface area contributed by atoms with E-state index in [0.29, 0.717) is 18.6 Å². The summed E-state index contributed by atoms with van der Waals surface area (Å²) < 4.78 is 2.07. The lowest BCUT2D eigenvalue weighted by Crippen LogP contribution is -2.45. The van der Waals surface area contributed by atoms with E-state index in [4.69, 9.17) is 21.7 Å². The van der Waals surface area contributed by atoms with Crippen LogP contribution in [0.25, 0.3) is 0 Å². The van der Waals surface area contributed by atoms with E-state index in [1.54, 1.807) is 0 Å². The third kappa shape index (κ3) is 6.10. The Kier molecular flexibility index (Phi) is 8.41. The van der Waals surface area contributed by atoms with Crippen LogP contribution in [0.4, 0.5) is 0 Å². The van der Waals surface area contributed by atoms with Crippen LogP contribution < -0.4 is 10.6 Å². The van der Waals surface area contributed by atoms with Crippen molar-refractivity contribution < 1.29 is 0 Å². The van der Waals surface area contributed by atoms with Crippen molar-refractivity contribution in [2.45, 2.75) is 58.7 Å². The Balaban J connectivity index is 0.00000261. The summed E-state index contributed by atoms with van der Waals surface area (Å²) in [6.07, 6.45) is 5.30. The fourth-order valence-electron chi connectivity index (χ4n) is 3.22. The zero-order valence-electron chi connectivity index (χ0n) is 16.2. The van der Waals surface area contributed by atoms with Crippen LogP contribution in [0, 0.1) is 0 Å². The number of aliphatic imine (C=N–C) groups is 1. The second-order valence-corrected chi connectivity index (χ2v) is 7.52. The van der Waals surface area contributed by atoms with Crippen molar-refractivity contribution in [1.82, 2.24) is 20.4 Å². The van der Waals surface area contributed by atoms with Crippen molar-refractivity contribution in [3.05, 3.63) is 52.3 Å². The molecule has 2 aromatic rings. The highest BCUT2D eigenvalue weighted by Crippen LogP contribution is 2.21. The SMILES string of the molecule is CCNC(=NCc1cccc(Cl)c1)NC1CCc2cn(C(C)C)nc2C1.I. The maximum atomic E-state index is 6.06. The minimum Gasteiger partial charge on any atom is -0.357 e. The summed E-state index contributed by atoms with van der Waals surface area (Å²) in [5, 5.41) is 12.4. The molecule has 3 rings (SSSR count). The van der Waals surface area contributed by atoms with E-state index < -0.39 is 0 Å². The number of benzene rings is 1. The number of aryl methyl sites for hydroxylation is 1. The van der Waals surface area contributed by atoms with Gasteiger partial charge in [0.25, 0.3) is 0 Å². The molecule has 1 atom stereocenters. The van der Waals surface area contributed by atoms with Gasteiger partial charge in [-0.3, -0.25) is 4.68 Å². The highest BCUT2D eigenvalue weighted by atomic mass is 127. The van der Waals surface area contributed by atoms with Gasteiger partial charge in [-0.1, -0.05) is 23.7 Å². The van der Waals surface area contributed by atoms with E-state index in [0.717, 1.165) is 42.4 Å².